The van der Waals surface area contributed by atoms with Crippen LogP contribution in [0, 0.1) is 17.0 Å². The van der Waals surface area contributed by atoms with Crippen molar-refractivity contribution in [1.82, 2.24) is 4.90 Å². The van der Waals surface area contributed by atoms with Crippen LogP contribution in [0.2, 0.25) is 0 Å². The first-order valence-corrected chi connectivity index (χ1v) is 7.59. The average Bonchev–Trinajstić information content (AvgIpc) is 2.61. The topological polar surface area (TPSA) is 81.9 Å². The fourth-order valence-corrected chi connectivity index (χ4v) is 2.51. The van der Waals surface area contributed by atoms with E-state index in [0.29, 0.717) is 6.54 Å². The van der Waals surface area contributed by atoms with E-state index in [4.69, 9.17) is 9.47 Å². The van der Waals surface area contributed by atoms with Gasteiger partial charge in [0.1, 0.15) is 5.56 Å². The van der Waals surface area contributed by atoms with Gasteiger partial charge in [0.15, 0.2) is 11.5 Å². The van der Waals surface area contributed by atoms with Crippen LogP contribution in [0.25, 0.3) is 0 Å². The van der Waals surface area contributed by atoms with Gasteiger partial charge in [0, 0.05) is 19.7 Å². The number of aryl methyl sites for hydroxylation is 1. The number of nitrogens with zero attached hydrogens (tertiary/aromatic N) is 2. The van der Waals surface area contributed by atoms with Crippen molar-refractivity contribution in [2.75, 3.05) is 21.3 Å². The summed E-state index contributed by atoms with van der Waals surface area (Å²) >= 11 is 0. The van der Waals surface area contributed by atoms with Gasteiger partial charge in [0.2, 0.25) is 0 Å². The van der Waals surface area contributed by atoms with Gasteiger partial charge >= 0.3 is 0 Å². The summed E-state index contributed by atoms with van der Waals surface area (Å²) in [6, 6.07) is 10.2. The molecular formula is C18H20N2O5. The fourth-order valence-electron chi connectivity index (χ4n) is 2.51. The van der Waals surface area contributed by atoms with E-state index in [-0.39, 0.29) is 22.7 Å². The predicted octanol–water partition coefficient (Wildman–Crippen LogP) is 3.19. The molecule has 0 unspecified atom stereocenters. The van der Waals surface area contributed by atoms with Gasteiger partial charge in [-0.25, -0.2) is 0 Å². The van der Waals surface area contributed by atoms with Gasteiger partial charge in [-0.15, -0.1) is 0 Å². The highest BCUT2D eigenvalue weighted by Crippen LogP contribution is 2.35. The molecule has 0 fully saturated rings. The number of nitro groups is 1. The molecule has 0 saturated carbocycles. The van der Waals surface area contributed by atoms with Gasteiger partial charge < -0.3 is 14.4 Å². The number of ether oxygens (including phenoxy) is 2. The minimum absolute atomic E-state index is 0.0428. The third kappa shape index (κ3) is 3.88. The van der Waals surface area contributed by atoms with Crippen molar-refractivity contribution in [2.24, 2.45) is 0 Å². The van der Waals surface area contributed by atoms with Gasteiger partial charge in [-0.2, -0.15) is 0 Å². The lowest BCUT2D eigenvalue weighted by molar-refractivity contribution is -0.385. The molecular weight excluding hydrogens is 324 g/mol. The zero-order chi connectivity index (χ0) is 18.6. The van der Waals surface area contributed by atoms with Crippen LogP contribution in [0.15, 0.2) is 36.4 Å². The molecule has 7 nitrogen and oxygen atoms in total. The number of rotatable bonds is 6. The van der Waals surface area contributed by atoms with Gasteiger partial charge in [-0.1, -0.05) is 24.3 Å². The van der Waals surface area contributed by atoms with Crippen molar-refractivity contribution in [2.45, 2.75) is 13.5 Å². The van der Waals surface area contributed by atoms with E-state index < -0.39 is 10.8 Å². The van der Waals surface area contributed by atoms with Crippen LogP contribution in [-0.4, -0.2) is 37.0 Å². The van der Waals surface area contributed by atoms with E-state index in [1.807, 2.05) is 31.2 Å². The van der Waals surface area contributed by atoms with E-state index in [9.17, 15) is 14.9 Å². The fraction of sp³-hybridized carbons (Fsp3) is 0.278. The zero-order valence-electron chi connectivity index (χ0n) is 14.6. The summed E-state index contributed by atoms with van der Waals surface area (Å²) in [6.45, 7) is 2.30. The molecule has 25 heavy (non-hydrogen) atoms. The highest BCUT2D eigenvalue weighted by Gasteiger charge is 2.26. The van der Waals surface area contributed by atoms with E-state index >= 15 is 0 Å². The average molecular weight is 344 g/mol. The molecule has 1 amide bonds. The lowest BCUT2D eigenvalue weighted by Gasteiger charge is -2.19. The van der Waals surface area contributed by atoms with Crippen LogP contribution in [0.1, 0.15) is 21.5 Å². The molecule has 2 aromatic carbocycles. The standard InChI is InChI=1S/C18H20N2O5/c1-12-7-5-6-8-13(12)11-19(2)18(21)14-9-16(24-3)17(25-4)10-15(14)20(22)23/h5-10H,11H2,1-4H3. The molecule has 0 aliphatic carbocycles. The largest absolute Gasteiger partial charge is 0.493 e. The van der Waals surface area contributed by atoms with Crippen molar-refractivity contribution in [1.29, 1.82) is 0 Å². The molecule has 132 valence electrons. The molecule has 0 atom stereocenters. The highest BCUT2D eigenvalue weighted by atomic mass is 16.6. The van der Waals surface area contributed by atoms with Gasteiger partial charge in [0.25, 0.3) is 11.6 Å². The van der Waals surface area contributed by atoms with E-state index in [0.717, 1.165) is 11.1 Å². The van der Waals surface area contributed by atoms with Crippen LogP contribution >= 0.6 is 0 Å². The van der Waals surface area contributed by atoms with Crippen LogP contribution in [0.3, 0.4) is 0 Å². The second kappa shape index (κ2) is 7.65. The van der Waals surface area contributed by atoms with Crippen molar-refractivity contribution in [3.05, 3.63) is 63.2 Å². The Balaban J connectivity index is 2.40. The quantitative estimate of drug-likeness (QED) is 0.594. The summed E-state index contributed by atoms with van der Waals surface area (Å²) in [5.41, 5.74) is 1.66. The Labute approximate surface area is 145 Å². The van der Waals surface area contributed by atoms with Gasteiger partial charge in [-0.05, 0) is 18.1 Å². The van der Waals surface area contributed by atoms with E-state index in [1.54, 1.807) is 7.05 Å². The number of benzene rings is 2. The Morgan fingerprint density at radius 2 is 1.76 bits per heavy atom. The summed E-state index contributed by atoms with van der Waals surface area (Å²) in [6.07, 6.45) is 0. The van der Waals surface area contributed by atoms with E-state index in [2.05, 4.69) is 0 Å². The SMILES string of the molecule is COc1cc(C(=O)N(C)Cc2ccccc2C)c([N+](=O)[O-])cc1OC. The molecule has 0 bridgehead atoms. The number of methoxy groups -OCH3 is 2. The third-order valence-corrected chi connectivity index (χ3v) is 3.94. The summed E-state index contributed by atoms with van der Waals surface area (Å²) in [4.78, 5) is 25.0. The van der Waals surface area contributed by atoms with Crippen LogP contribution in [0.4, 0.5) is 5.69 Å². The Bertz CT molecular complexity index is 804. The molecule has 0 aliphatic heterocycles. The lowest BCUT2D eigenvalue weighted by Crippen LogP contribution is -2.27. The van der Waals surface area contributed by atoms with Gasteiger partial charge in [-0.3, -0.25) is 14.9 Å². The van der Waals surface area contributed by atoms with E-state index in [1.165, 1.54) is 31.3 Å². The molecule has 2 aromatic rings. The molecule has 2 rings (SSSR count). The lowest BCUT2D eigenvalue weighted by atomic mass is 10.1. The third-order valence-electron chi connectivity index (χ3n) is 3.94. The second-order valence-electron chi connectivity index (χ2n) is 5.57. The number of nitro benzene ring substituents is 1. The zero-order valence-corrected chi connectivity index (χ0v) is 14.6. The van der Waals surface area contributed by atoms with Gasteiger partial charge in [0.05, 0.1) is 25.2 Å². The maximum Gasteiger partial charge on any atom is 0.286 e. The number of carbonyl (C=O) groups is 1. The minimum atomic E-state index is -0.600. The van der Waals surface area contributed by atoms with Crippen LogP contribution < -0.4 is 9.47 Å². The smallest absolute Gasteiger partial charge is 0.286 e. The Hall–Kier alpha value is -3.09. The maximum absolute atomic E-state index is 12.8. The molecule has 0 radical (unpaired) electrons. The Morgan fingerprint density at radius 3 is 2.32 bits per heavy atom. The number of hydrogen-bond donors (Lipinski definition) is 0. The number of amides is 1. The molecule has 0 N–H and O–H groups in total. The maximum atomic E-state index is 12.8. The second-order valence-corrected chi connectivity index (χ2v) is 5.57. The first-order chi connectivity index (χ1) is 11.9. The summed E-state index contributed by atoms with van der Waals surface area (Å²) in [5, 5.41) is 11.4. The minimum Gasteiger partial charge on any atom is -0.493 e. The van der Waals surface area contributed by atoms with Crippen LogP contribution in [-0.2, 0) is 6.54 Å². The van der Waals surface area contributed by atoms with Crippen LogP contribution in [0.5, 0.6) is 11.5 Å². The normalized spacial score (nSPS) is 10.2. The van der Waals surface area contributed by atoms with Crippen molar-refractivity contribution < 1.29 is 19.2 Å². The van der Waals surface area contributed by atoms with Crippen molar-refractivity contribution in [3.63, 3.8) is 0 Å². The Kier molecular flexibility index (Phi) is 5.59. The summed E-state index contributed by atoms with van der Waals surface area (Å²) < 4.78 is 10.2. The first kappa shape index (κ1) is 18.3. The highest BCUT2D eigenvalue weighted by molar-refractivity contribution is 5.99. The molecule has 0 saturated heterocycles. The molecule has 0 spiro atoms. The first-order valence-electron chi connectivity index (χ1n) is 7.59. The monoisotopic (exact) mass is 344 g/mol. The number of carbonyl (C=O) groups excluding carboxylic acids is 1. The van der Waals surface area contributed by atoms with Crippen molar-refractivity contribution in [3.8, 4) is 11.5 Å². The Morgan fingerprint density at radius 1 is 1.16 bits per heavy atom. The molecule has 0 aromatic heterocycles. The molecule has 0 aliphatic rings. The summed E-state index contributed by atoms with van der Waals surface area (Å²) in [5.74, 6) is 0.00366. The summed E-state index contributed by atoms with van der Waals surface area (Å²) in [7, 11) is 4.40. The molecule has 0 heterocycles. The van der Waals surface area contributed by atoms with Crippen molar-refractivity contribution >= 4 is 11.6 Å². The number of hydrogen-bond acceptors (Lipinski definition) is 5. The molecule has 7 heteroatoms. The predicted molar refractivity (Wildman–Crippen MR) is 93.2 cm³/mol.